The molecule has 0 aromatic heterocycles. The van der Waals surface area contributed by atoms with Gasteiger partial charge >= 0.3 is 0 Å². The molecule has 112 valence electrons. The van der Waals surface area contributed by atoms with Gasteiger partial charge in [-0.2, -0.15) is 0 Å². The van der Waals surface area contributed by atoms with Crippen LogP contribution in [0.1, 0.15) is 42.1 Å². The Morgan fingerprint density at radius 2 is 1.76 bits per heavy atom. The highest BCUT2D eigenvalue weighted by Crippen LogP contribution is 2.24. The van der Waals surface area contributed by atoms with Gasteiger partial charge in [-0.1, -0.05) is 50.2 Å². The summed E-state index contributed by atoms with van der Waals surface area (Å²) in [6.45, 7) is 6.23. The minimum Gasteiger partial charge on any atom is -0.309 e. The third kappa shape index (κ3) is 3.92. The van der Waals surface area contributed by atoms with Crippen LogP contribution in [-0.4, -0.2) is 7.05 Å². The summed E-state index contributed by atoms with van der Waals surface area (Å²) in [4.78, 5) is 0. The van der Waals surface area contributed by atoms with Crippen molar-refractivity contribution in [3.8, 4) is 0 Å². The van der Waals surface area contributed by atoms with E-state index >= 15 is 0 Å². The van der Waals surface area contributed by atoms with Crippen LogP contribution in [0, 0.1) is 18.7 Å². The van der Waals surface area contributed by atoms with Crippen molar-refractivity contribution in [2.75, 3.05) is 7.05 Å². The molecule has 2 aromatic rings. The zero-order valence-electron chi connectivity index (χ0n) is 13.3. The minimum absolute atomic E-state index is 0.0206. The summed E-state index contributed by atoms with van der Waals surface area (Å²) in [5, 5.41) is 3.30. The van der Waals surface area contributed by atoms with Crippen molar-refractivity contribution in [1.29, 1.82) is 0 Å². The molecule has 0 saturated heterocycles. The number of nitrogens with one attached hydrogen (secondary N) is 1. The fraction of sp³-hybridized carbons (Fsp3) is 0.368. The zero-order chi connectivity index (χ0) is 15.4. The van der Waals surface area contributed by atoms with Crippen LogP contribution in [0.25, 0.3) is 0 Å². The molecule has 0 aliphatic carbocycles. The average molecular weight is 285 g/mol. The summed E-state index contributed by atoms with van der Waals surface area (Å²) in [7, 11) is 1.91. The van der Waals surface area contributed by atoms with E-state index in [1.807, 2.05) is 19.2 Å². The Balaban J connectivity index is 2.34. The molecule has 0 bridgehead atoms. The highest BCUT2D eigenvalue weighted by atomic mass is 19.1. The Hall–Kier alpha value is -1.67. The monoisotopic (exact) mass is 285 g/mol. The summed E-state index contributed by atoms with van der Waals surface area (Å²) in [6.07, 6.45) is 1.06. The molecule has 21 heavy (non-hydrogen) atoms. The maximum atomic E-state index is 13.8. The molecule has 1 nitrogen and oxygen atoms in total. The van der Waals surface area contributed by atoms with Crippen molar-refractivity contribution < 1.29 is 4.39 Å². The Bertz CT molecular complexity index is 604. The second-order valence-electron chi connectivity index (χ2n) is 6.07. The van der Waals surface area contributed by atoms with E-state index in [1.165, 1.54) is 11.1 Å². The highest BCUT2D eigenvalue weighted by Gasteiger charge is 2.14. The van der Waals surface area contributed by atoms with E-state index in [1.54, 1.807) is 13.0 Å². The van der Waals surface area contributed by atoms with Crippen LogP contribution in [0.3, 0.4) is 0 Å². The molecule has 0 aliphatic heterocycles. The second-order valence-corrected chi connectivity index (χ2v) is 6.07. The normalized spacial score (nSPS) is 12.7. The van der Waals surface area contributed by atoms with E-state index in [4.69, 9.17) is 0 Å². The van der Waals surface area contributed by atoms with Crippen LogP contribution in [0.5, 0.6) is 0 Å². The van der Waals surface area contributed by atoms with Crippen molar-refractivity contribution >= 4 is 0 Å². The molecule has 0 saturated carbocycles. The van der Waals surface area contributed by atoms with Gasteiger partial charge in [-0.05, 0) is 54.6 Å². The zero-order valence-corrected chi connectivity index (χ0v) is 13.3. The van der Waals surface area contributed by atoms with Gasteiger partial charge in [0.2, 0.25) is 0 Å². The van der Waals surface area contributed by atoms with Crippen molar-refractivity contribution in [2.24, 2.45) is 5.92 Å². The first-order chi connectivity index (χ1) is 10.0. The van der Waals surface area contributed by atoms with Crippen LogP contribution in [-0.2, 0) is 6.42 Å². The molecular formula is C19H24FN. The third-order valence-corrected chi connectivity index (χ3v) is 3.75. The van der Waals surface area contributed by atoms with Crippen LogP contribution < -0.4 is 5.32 Å². The number of aryl methyl sites for hydroxylation is 1. The molecule has 0 radical (unpaired) electrons. The first kappa shape index (κ1) is 15.7. The van der Waals surface area contributed by atoms with Gasteiger partial charge in [0.1, 0.15) is 5.82 Å². The minimum atomic E-state index is -0.147. The molecule has 0 spiro atoms. The van der Waals surface area contributed by atoms with Crippen molar-refractivity contribution in [3.05, 3.63) is 70.5 Å². The number of rotatable bonds is 5. The largest absolute Gasteiger partial charge is 0.309 e. The van der Waals surface area contributed by atoms with E-state index in [-0.39, 0.29) is 11.9 Å². The predicted molar refractivity (Wildman–Crippen MR) is 87.0 cm³/mol. The number of hydrogen-bond acceptors (Lipinski definition) is 1. The number of benzene rings is 2. The molecule has 2 rings (SSSR count). The van der Waals surface area contributed by atoms with E-state index in [0.717, 1.165) is 12.0 Å². The maximum Gasteiger partial charge on any atom is 0.126 e. The van der Waals surface area contributed by atoms with E-state index in [0.29, 0.717) is 11.5 Å². The van der Waals surface area contributed by atoms with Gasteiger partial charge in [0, 0.05) is 0 Å². The molecule has 1 atom stereocenters. The molecule has 0 aliphatic rings. The fourth-order valence-corrected chi connectivity index (χ4v) is 2.69. The standard InChI is InChI=1S/C19H24FN/c1-13(2)10-15-6-5-7-16(11-15)19(21-4)17-9-8-14(3)18(20)12-17/h5-9,11-13,19,21H,10H2,1-4H3. The molecule has 0 fully saturated rings. The van der Waals surface area contributed by atoms with E-state index in [9.17, 15) is 4.39 Å². The summed E-state index contributed by atoms with van der Waals surface area (Å²) in [5.41, 5.74) is 4.15. The lowest BCUT2D eigenvalue weighted by Gasteiger charge is -2.19. The lowest BCUT2D eigenvalue weighted by Crippen LogP contribution is -2.18. The van der Waals surface area contributed by atoms with Gasteiger partial charge in [-0.25, -0.2) is 4.39 Å². The first-order valence-corrected chi connectivity index (χ1v) is 7.53. The Morgan fingerprint density at radius 1 is 1.05 bits per heavy atom. The summed E-state index contributed by atoms with van der Waals surface area (Å²) in [6, 6.07) is 14.1. The predicted octanol–water partition coefficient (Wildman–Crippen LogP) is 4.64. The smallest absolute Gasteiger partial charge is 0.126 e. The number of halogens is 1. The van der Waals surface area contributed by atoms with Crippen molar-refractivity contribution in [2.45, 2.75) is 33.2 Å². The van der Waals surface area contributed by atoms with Gasteiger partial charge < -0.3 is 5.32 Å². The topological polar surface area (TPSA) is 12.0 Å². The van der Waals surface area contributed by atoms with Crippen LogP contribution in [0.4, 0.5) is 4.39 Å². The lowest BCUT2D eigenvalue weighted by atomic mass is 9.94. The fourth-order valence-electron chi connectivity index (χ4n) is 2.69. The molecule has 2 heteroatoms. The molecular weight excluding hydrogens is 261 g/mol. The average Bonchev–Trinajstić information content (AvgIpc) is 2.43. The molecule has 0 heterocycles. The van der Waals surface area contributed by atoms with Gasteiger partial charge in [-0.3, -0.25) is 0 Å². The Morgan fingerprint density at radius 3 is 2.38 bits per heavy atom. The van der Waals surface area contributed by atoms with Crippen LogP contribution in [0.15, 0.2) is 42.5 Å². The van der Waals surface area contributed by atoms with Crippen LogP contribution in [0.2, 0.25) is 0 Å². The lowest BCUT2D eigenvalue weighted by molar-refractivity contribution is 0.607. The third-order valence-electron chi connectivity index (χ3n) is 3.75. The van der Waals surface area contributed by atoms with Gasteiger partial charge in [-0.15, -0.1) is 0 Å². The Labute approximate surface area is 127 Å². The van der Waals surface area contributed by atoms with Crippen molar-refractivity contribution in [3.63, 3.8) is 0 Å². The molecule has 0 amide bonds. The van der Waals surface area contributed by atoms with Gasteiger partial charge in [0.15, 0.2) is 0 Å². The SMILES string of the molecule is CNC(c1cccc(CC(C)C)c1)c1ccc(C)c(F)c1. The van der Waals surface area contributed by atoms with E-state index in [2.05, 4.69) is 43.4 Å². The maximum absolute atomic E-state index is 13.8. The summed E-state index contributed by atoms with van der Waals surface area (Å²) in [5.74, 6) is 0.483. The number of hydrogen-bond donors (Lipinski definition) is 1. The van der Waals surface area contributed by atoms with Gasteiger partial charge in [0.05, 0.1) is 6.04 Å². The van der Waals surface area contributed by atoms with Gasteiger partial charge in [0.25, 0.3) is 0 Å². The Kier molecular flexibility index (Phi) is 5.13. The van der Waals surface area contributed by atoms with Crippen LogP contribution >= 0.6 is 0 Å². The van der Waals surface area contributed by atoms with E-state index < -0.39 is 0 Å². The van der Waals surface area contributed by atoms with Crippen molar-refractivity contribution in [1.82, 2.24) is 5.32 Å². The quantitative estimate of drug-likeness (QED) is 0.843. The second kappa shape index (κ2) is 6.86. The molecule has 1 unspecified atom stereocenters. The highest BCUT2D eigenvalue weighted by molar-refractivity contribution is 5.36. The molecule has 2 aromatic carbocycles. The summed E-state index contributed by atoms with van der Waals surface area (Å²) >= 11 is 0. The molecule has 1 N–H and O–H groups in total. The first-order valence-electron chi connectivity index (χ1n) is 7.53. The summed E-state index contributed by atoms with van der Waals surface area (Å²) < 4.78 is 13.8.